The summed E-state index contributed by atoms with van der Waals surface area (Å²) in [7, 11) is 0. The Balaban J connectivity index is 2.19. The molecule has 1 saturated heterocycles. The van der Waals surface area contributed by atoms with Crippen LogP contribution in [-0.4, -0.2) is 28.9 Å². The predicted octanol–water partition coefficient (Wildman–Crippen LogP) is 2.99. The van der Waals surface area contributed by atoms with Crippen molar-refractivity contribution in [3.63, 3.8) is 0 Å². The van der Waals surface area contributed by atoms with E-state index in [1.165, 1.54) is 12.1 Å². The Labute approximate surface area is 112 Å². The number of hydrogen-bond donors (Lipinski definition) is 1. The number of hydrogen-bond acceptors (Lipinski definition) is 3. The van der Waals surface area contributed by atoms with Crippen LogP contribution in [0.5, 0.6) is 0 Å². The van der Waals surface area contributed by atoms with Crippen LogP contribution in [0.25, 0.3) is 0 Å². The average molecular weight is 314 g/mol. The highest BCUT2D eigenvalue weighted by molar-refractivity contribution is 9.10. The normalized spacial score (nSPS) is 14.6. The number of likely N-dealkylation sites (tertiary alicyclic amines) is 1. The van der Waals surface area contributed by atoms with Crippen LogP contribution in [0.1, 0.15) is 12.8 Å². The van der Waals surface area contributed by atoms with Crippen LogP contribution >= 0.6 is 15.9 Å². The number of carbonyl (C=O) groups excluding carboxylic acids is 1. The Morgan fingerprint density at radius 2 is 2.06 bits per heavy atom. The average Bonchev–Trinajstić information content (AvgIpc) is 2.81. The van der Waals surface area contributed by atoms with Crippen LogP contribution in [0.2, 0.25) is 0 Å². The number of nitrogens with zero attached hydrogens (tertiary/aromatic N) is 2. The number of nitro groups is 1. The van der Waals surface area contributed by atoms with E-state index >= 15 is 0 Å². The topological polar surface area (TPSA) is 75.5 Å². The lowest BCUT2D eigenvalue weighted by atomic mass is 10.2. The lowest BCUT2D eigenvalue weighted by Gasteiger charge is -2.16. The molecule has 1 N–H and O–H groups in total. The van der Waals surface area contributed by atoms with Crippen LogP contribution in [0.4, 0.5) is 16.2 Å². The summed E-state index contributed by atoms with van der Waals surface area (Å²) in [5.41, 5.74) is 0.108. The molecular formula is C11H12BrN3O3. The van der Waals surface area contributed by atoms with E-state index in [1.807, 2.05) is 0 Å². The zero-order valence-electron chi connectivity index (χ0n) is 9.56. The minimum atomic E-state index is -0.508. The zero-order chi connectivity index (χ0) is 13.1. The first kappa shape index (κ1) is 12.8. The molecule has 1 aromatic rings. The fourth-order valence-electron chi connectivity index (χ4n) is 1.88. The van der Waals surface area contributed by atoms with Gasteiger partial charge in [0, 0.05) is 23.6 Å². The fourth-order valence-corrected chi connectivity index (χ4v) is 2.24. The van der Waals surface area contributed by atoms with Crippen molar-refractivity contribution >= 4 is 33.3 Å². The summed E-state index contributed by atoms with van der Waals surface area (Å²) in [6.45, 7) is 1.40. The lowest BCUT2D eigenvalue weighted by molar-refractivity contribution is -0.383. The third kappa shape index (κ3) is 2.79. The molecule has 0 saturated carbocycles. The molecule has 0 spiro atoms. The first-order valence-electron chi connectivity index (χ1n) is 5.58. The number of halogens is 1. The van der Waals surface area contributed by atoms with E-state index in [4.69, 9.17) is 0 Å². The molecule has 1 fully saturated rings. The largest absolute Gasteiger partial charge is 0.325 e. The molecule has 2 amide bonds. The molecule has 18 heavy (non-hydrogen) atoms. The lowest BCUT2D eigenvalue weighted by Crippen LogP contribution is -2.32. The first-order valence-corrected chi connectivity index (χ1v) is 6.37. The molecule has 0 radical (unpaired) electrons. The Morgan fingerprint density at radius 3 is 2.67 bits per heavy atom. The Hall–Kier alpha value is -1.63. The smallest absolute Gasteiger partial charge is 0.322 e. The number of anilines is 1. The van der Waals surface area contributed by atoms with E-state index in [-0.39, 0.29) is 17.4 Å². The van der Waals surface area contributed by atoms with Gasteiger partial charge < -0.3 is 10.2 Å². The van der Waals surface area contributed by atoms with Gasteiger partial charge in [-0.3, -0.25) is 10.1 Å². The molecule has 0 aromatic heterocycles. The number of nitro benzene ring substituents is 1. The number of amides is 2. The van der Waals surface area contributed by atoms with E-state index in [0.717, 1.165) is 12.8 Å². The molecule has 0 unspecified atom stereocenters. The molecule has 1 aliphatic heterocycles. The maximum absolute atomic E-state index is 11.9. The van der Waals surface area contributed by atoms with Crippen LogP contribution in [0.3, 0.4) is 0 Å². The van der Waals surface area contributed by atoms with Crippen molar-refractivity contribution in [1.29, 1.82) is 0 Å². The van der Waals surface area contributed by atoms with Crippen molar-refractivity contribution in [3.05, 3.63) is 32.8 Å². The highest BCUT2D eigenvalue weighted by Gasteiger charge is 2.21. The monoisotopic (exact) mass is 313 g/mol. The molecule has 1 heterocycles. The van der Waals surface area contributed by atoms with Gasteiger partial charge in [-0.1, -0.05) is 15.9 Å². The molecule has 0 aliphatic carbocycles. The van der Waals surface area contributed by atoms with Crippen molar-refractivity contribution in [2.75, 3.05) is 18.4 Å². The number of rotatable bonds is 2. The highest BCUT2D eigenvalue weighted by Crippen LogP contribution is 2.28. The van der Waals surface area contributed by atoms with E-state index in [9.17, 15) is 14.9 Å². The third-order valence-electron chi connectivity index (χ3n) is 2.79. The molecule has 7 heteroatoms. The van der Waals surface area contributed by atoms with Gasteiger partial charge in [-0.25, -0.2) is 4.79 Å². The Morgan fingerprint density at radius 1 is 1.39 bits per heavy atom. The predicted molar refractivity (Wildman–Crippen MR) is 70.6 cm³/mol. The van der Waals surface area contributed by atoms with Crippen molar-refractivity contribution in [2.24, 2.45) is 0 Å². The van der Waals surface area contributed by atoms with Crippen molar-refractivity contribution in [3.8, 4) is 0 Å². The molecule has 1 aromatic carbocycles. The standard InChI is InChI=1S/C11H12BrN3O3/c12-8-3-4-10(15(17)18)9(7-8)13-11(16)14-5-1-2-6-14/h3-4,7H,1-2,5-6H2,(H,13,16). The third-order valence-corrected chi connectivity index (χ3v) is 3.28. The summed E-state index contributed by atoms with van der Waals surface area (Å²) >= 11 is 3.23. The van der Waals surface area contributed by atoms with Gasteiger partial charge >= 0.3 is 6.03 Å². The van der Waals surface area contributed by atoms with E-state index < -0.39 is 4.92 Å². The van der Waals surface area contributed by atoms with E-state index in [2.05, 4.69) is 21.2 Å². The number of benzene rings is 1. The van der Waals surface area contributed by atoms with Gasteiger partial charge in [0.05, 0.1) is 4.92 Å². The van der Waals surface area contributed by atoms with E-state index in [1.54, 1.807) is 11.0 Å². The highest BCUT2D eigenvalue weighted by atomic mass is 79.9. The summed E-state index contributed by atoms with van der Waals surface area (Å²) in [6, 6.07) is 4.19. The van der Waals surface area contributed by atoms with Gasteiger partial charge in [0.25, 0.3) is 5.69 Å². The maximum Gasteiger partial charge on any atom is 0.322 e. The second-order valence-electron chi connectivity index (χ2n) is 4.04. The Bertz CT molecular complexity index is 486. The second-order valence-corrected chi connectivity index (χ2v) is 4.96. The van der Waals surface area contributed by atoms with Crippen molar-refractivity contribution < 1.29 is 9.72 Å². The molecule has 2 rings (SSSR count). The number of carbonyl (C=O) groups is 1. The van der Waals surface area contributed by atoms with Crippen LogP contribution < -0.4 is 5.32 Å². The second kappa shape index (κ2) is 5.34. The fraction of sp³-hybridized carbons (Fsp3) is 0.364. The van der Waals surface area contributed by atoms with Gasteiger partial charge in [-0.05, 0) is 25.0 Å². The number of urea groups is 1. The van der Waals surface area contributed by atoms with E-state index in [0.29, 0.717) is 17.6 Å². The molecule has 6 nitrogen and oxygen atoms in total. The minimum absolute atomic E-state index is 0.106. The van der Waals surface area contributed by atoms with Gasteiger partial charge in [0.2, 0.25) is 0 Å². The van der Waals surface area contributed by atoms with Gasteiger partial charge in [0.1, 0.15) is 5.69 Å². The molecule has 1 aliphatic rings. The molecule has 96 valence electrons. The van der Waals surface area contributed by atoms with Crippen LogP contribution in [-0.2, 0) is 0 Å². The SMILES string of the molecule is O=C(Nc1cc(Br)ccc1[N+](=O)[O-])N1CCCC1. The first-order chi connectivity index (χ1) is 8.58. The minimum Gasteiger partial charge on any atom is -0.325 e. The van der Waals surface area contributed by atoms with Crippen molar-refractivity contribution in [1.82, 2.24) is 4.90 Å². The summed E-state index contributed by atoms with van der Waals surface area (Å²) < 4.78 is 0.685. The van der Waals surface area contributed by atoms with Gasteiger partial charge in [-0.2, -0.15) is 0 Å². The number of nitrogens with one attached hydrogen (secondary N) is 1. The summed E-state index contributed by atoms with van der Waals surface area (Å²) in [6.07, 6.45) is 1.96. The van der Waals surface area contributed by atoms with Crippen molar-refractivity contribution in [2.45, 2.75) is 12.8 Å². The molecule has 0 atom stereocenters. The quantitative estimate of drug-likeness (QED) is 0.673. The van der Waals surface area contributed by atoms with Gasteiger partial charge in [0.15, 0.2) is 0 Å². The van der Waals surface area contributed by atoms with Crippen LogP contribution in [0.15, 0.2) is 22.7 Å². The summed E-state index contributed by atoms with van der Waals surface area (Å²) in [5.74, 6) is 0. The maximum atomic E-state index is 11.9. The summed E-state index contributed by atoms with van der Waals surface area (Å²) in [5, 5.41) is 13.5. The van der Waals surface area contributed by atoms with Gasteiger partial charge in [-0.15, -0.1) is 0 Å². The summed E-state index contributed by atoms with van der Waals surface area (Å²) in [4.78, 5) is 23.9. The van der Waals surface area contributed by atoms with Crippen LogP contribution in [0, 0.1) is 10.1 Å². The zero-order valence-corrected chi connectivity index (χ0v) is 11.1. The molecular weight excluding hydrogens is 302 g/mol. The Kier molecular flexibility index (Phi) is 3.81. The molecule has 0 bridgehead atoms.